The van der Waals surface area contributed by atoms with Gasteiger partial charge in [0.25, 0.3) is 21.9 Å². The number of nitrogens with zero attached hydrogens (tertiary/aromatic N) is 1. The molecule has 1 fully saturated rings. The Morgan fingerprint density at radius 3 is 2.48 bits per heavy atom. The molecule has 7 N–H and O–H groups in total. The molecule has 1 aromatic carbocycles. The predicted octanol–water partition coefficient (Wildman–Crippen LogP) is -2.78. The number of aliphatic hydroxyl groups is 1. The summed E-state index contributed by atoms with van der Waals surface area (Å²) >= 11 is 0. The first-order valence-corrected chi connectivity index (χ1v) is 15.3. The van der Waals surface area contributed by atoms with Crippen molar-refractivity contribution in [1.29, 1.82) is 0 Å². The Balaban J connectivity index is 1.45. The Bertz CT molecular complexity index is 1400. The molecule has 2 aliphatic heterocycles. The van der Waals surface area contributed by atoms with Crippen molar-refractivity contribution < 1.29 is 70.9 Å². The third kappa shape index (κ3) is 11.6. The van der Waals surface area contributed by atoms with Gasteiger partial charge in [-0.25, -0.2) is 10.7 Å². The number of ether oxygens (including phenoxy) is 4. The van der Waals surface area contributed by atoms with Gasteiger partial charge in [0.05, 0.1) is 25.9 Å². The van der Waals surface area contributed by atoms with Crippen molar-refractivity contribution in [2.24, 2.45) is 5.90 Å². The molecule has 2 aliphatic rings. The lowest BCUT2D eigenvalue weighted by atomic mass is 10.1. The van der Waals surface area contributed by atoms with E-state index in [4.69, 9.17) is 24.8 Å². The van der Waals surface area contributed by atoms with Gasteiger partial charge >= 0.3 is 5.97 Å². The number of carboxylic acid groups (broad SMARTS) is 1. The predicted molar refractivity (Wildman–Crippen MR) is 151 cm³/mol. The number of carbonyl (C=O) groups excluding carboxylic acids is 4. The summed E-state index contributed by atoms with van der Waals surface area (Å²) < 4.78 is 54.1. The number of rotatable bonds is 18. The van der Waals surface area contributed by atoms with Gasteiger partial charge < -0.3 is 39.8 Å². The Morgan fingerprint density at radius 2 is 1.83 bits per heavy atom. The van der Waals surface area contributed by atoms with Gasteiger partial charge in [0.2, 0.25) is 18.1 Å². The first-order chi connectivity index (χ1) is 21.8. The van der Waals surface area contributed by atoms with Crippen LogP contribution in [0.1, 0.15) is 18.4 Å². The maximum Gasteiger partial charge on any atom is 0.333 e. The van der Waals surface area contributed by atoms with Gasteiger partial charge in [-0.05, 0) is 12.1 Å². The number of hydrogen-bond donors (Lipinski definition) is 6. The number of imide groups is 1. The average Bonchev–Trinajstić information content (AvgIpc) is 3.28. The van der Waals surface area contributed by atoms with Crippen molar-refractivity contribution >= 4 is 39.7 Å². The molecule has 2 heterocycles. The van der Waals surface area contributed by atoms with Crippen molar-refractivity contribution in [2.45, 2.75) is 44.0 Å². The van der Waals surface area contributed by atoms with Crippen molar-refractivity contribution in [3.05, 3.63) is 35.9 Å². The standard InChI is InChI=1S/C26H34N4O15S/c27-43-13-15-1-2-17(44-24-10-16(31)9-20(45-24)26(36)37)11-19(15)42-8-7-41-6-5-28-25(35)18(14-46(38,39)40)29-21(32)12-30-22(33)3-4-23(30)34/h1-4,11,16,18,20,24,31H,5-10,12-14,27H2,(H,28,35)(H,29,32)(H,36,37)(H,38,39,40). The summed E-state index contributed by atoms with van der Waals surface area (Å²) in [6.07, 6.45) is -1.28. The van der Waals surface area contributed by atoms with E-state index in [9.17, 15) is 47.2 Å². The zero-order chi connectivity index (χ0) is 33.9. The van der Waals surface area contributed by atoms with E-state index < -0.39 is 76.6 Å². The van der Waals surface area contributed by atoms with Crippen LogP contribution < -0.4 is 26.0 Å². The molecule has 3 rings (SSSR count). The molecule has 4 atom stereocenters. The lowest BCUT2D eigenvalue weighted by Crippen LogP contribution is -2.53. The summed E-state index contributed by atoms with van der Waals surface area (Å²) in [4.78, 5) is 64.5. The monoisotopic (exact) mass is 674 g/mol. The summed E-state index contributed by atoms with van der Waals surface area (Å²) in [6.45, 7) is -0.981. The van der Waals surface area contributed by atoms with E-state index in [1.165, 1.54) is 6.07 Å². The number of nitrogens with one attached hydrogen (secondary N) is 2. The van der Waals surface area contributed by atoms with Gasteiger partial charge in [-0.2, -0.15) is 8.42 Å². The highest BCUT2D eigenvalue weighted by atomic mass is 32.2. The van der Waals surface area contributed by atoms with Gasteiger partial charge in [0.1, 0.15) is 36.4 Å². The van der Waals surface area contributed by atoms with Crippen molar-refractivity contribution in [3.63, 3.8) is 0 Å². The van der Waals surface area contributed by atoms with E-state index in [1.807, 2.05) is 0 Å². The fourth-order valence-corrected chi connectivity index (χ4v) is 4.90. The van der Waals surface area contributed by atoms with E-state index in [2.05, 4.69) is 15.5 Å². The minimum absolute atomic E-state index is 0.00105. The van der Waals surface area contributed by atoms with Crippen molar-refractivity contribution in [3.8, 4) is 11.5 Å². The summed E-state index contributed by atoms with van der Waals surface area (Å²) in [7, 11) is -4.71. The van der Waals surface area contributed by atoms with Gasteiger partial charge in [-0.1, -0.05) is 0 Å². The van der Waals surface area contributed by atoms with E-state index >= 15 is 0 Å². The van der Waals surface area contributed by atoms with Gasteiger partial charge in [-0.3, -0.25) is 33.5 Å². The Labute approximate surface area is 262 Å². The Morgan fingerprint density at radius 1 is 1.11 bits per heavy atom. The largest absolute Gasteiger partial charge is 0.491 e. The third-order valence-electron chi connectivity index (χ3n) is 6.35. The molecule has 0 saturated carbocycles. The molecule has 0 spiro atoms. The van der Waals surface area contributed by atoms with Crippen LogP contribution in [0.15, 0.2) is 30.4 Å². The molecule has 46 heavy (non-hydrogen) atoms. The second kappa shape index (κ2) is 16.9. The van der Waals surface area contributed by atoms with Crippen molar-refractivity contribution in [1.82, 2.24) is 15.5 Å². The van der Waals surface area contributed by atoms with Crippen LogP contribution in [0, 0.1) is 0 Å². The fraction of sp³-hybridized carbons (Fsp3) is 0.500. The first-order valence-electron chi connectivity index (χ1n) is 13.7. The number of carbonyl (C=O) groups is 5. The number of hydrogen-bond acceptors (Lipinski definition) is 14. The maximum atomic E-state index is 12.5. The number of aliphatic hydroxyl groups excluding tert-OH is 1. The molecule has 0 radical (unpaired) electrons. The Hall–Kier alpha value is -4.18. The lowest BCUT2D eigenvalue weighted by molar-refractivity contribution is -0.195. The molecule has 0 bridgehead atoms. The molecule has 0 aliphatic carbocycles. The highest BCUT2D eigenvalue weighted by Gasteiger charge is 2.34. The van der Waals surface area contributed by atoms with Gasteiger partial charge in [0, 0.05) is 43.2 Å². The molecular weight excluding hydrogens is 640 g/mol. The SMILES string of the molecule is NOCc1ccc(OC2CC(O)CC(C(=O)O)O2)cc1OCCOCCNC(=O)C(CS(=O)(=O)O)NC(=O)CN1C(=O)C=CC1=O. The number of amides is 4. The molecule has 1 aromatic rings. The summed E-state index contributed by atoms with van der Waals surface area (Å²) in [5.74, 6) is -0.149. The van der Waals surface area contributed by atoms with Crippen LogP contribution >= 0.6 is 0 Å². The van der Waals surface area contributed by atoms with Crippen LogP contribution in [0.3, 0.4) is 0 Å². The topological polar surface area (TPSA) is 280 Å². The normalized spacial score (nSPS) is 20.3. The molecule has 254 valence electrons. The van der Waals surface area contributed by atoms with E-state index in [0.717, 1.165) is 12.2 Å². The second-order valence-electron chi connectivity index (χ2n) is 9.93. The van der Waals surface area contributed by atoms with Crippen LogP contribution in [0.2, 0.25) is 0 Å². The average molecular weight is 675 g/mol. The van der Waals surface area contributed by atoms with Crippen LogP contribution in [-0.2, 0) is 55.0 Å². The smallest absolute Gasteiger partial charge is 0.333 e. The van der Waals surface area contributed by atoms with Crippen LogP contribution in [-0.4, -0.2) is 121 Å². The minimum atomic E-state index is -4.71. The number of nitrogens with two attached hydrogens (primary N) is 1. The quantitative estimate of drug-likeness (QED) is 0.0397. The number of carboxylic acids is 1. The van der Waals surface area contributed by atoms with Crippen LogP contribution in [0.4, 0.5) is 0 Å². The summed E-state index contributed by atoms with van der Waals surface area (Å²) in [6, 6.07) is 2.91. The Kier molecular flexibility index (Phi) is 13.4. The van der Waals surface area contributed by atoms with E-state index in [-0.39, 0.29) is 51.6 Å². The molecule has 4 unspecified atom stereocenters. The third-order valence-corrected chi connectivity index (χ3v) is 7.10. The molecule has 19 nitrogen and oxygen atoms in total. The lowest BCUT2D eigenvalue weighted by Gasteiger charge is -2.31. The molecular formula is C26H34N4O15S. The van der Waals surface area contributed by atoms with Gasteiger partial charge in [-0.15, -0.1) is 0 Å². The highest BCUT2D eigenvalue weighted by molar-refractivity contribution is 7.85. The second-order valence-corrected chi connectivity index (χ2v) is 11.4. The van der Waals surface area contributed by atoms with Crippen LogP contribution in [0.5, 0.6) is 11.5 Å². The number of aliphatic carboxylic acids is 1. The molecule has 1 saturated heterocycles. The molecule has 20 heteroatoms. The zero-order valence-corrected chi connectivity index (χ0v) is 25.1. The summed E-state index contributed by atoms with van der Waals surface area (Å²) in [5, 5.41) is 23.6. The van der Waals surface area contributed by atoms with E-state index in [1.54, 1.807) is 12.1 Å². The number of benzene rings is 1. The fourth-order valence-electron chi connectivity index (χ4n) is 4.24. The maximum absolute atomic E-state index is 12.5. The zero-order valence-electron chi connectivity index (χ0n) is 24.2. The van der Waals surface area contributed by atoms with Crippen LogP contribution in [0.25, 0.3) is 0 Å². The van der Waals surface area contributed by atoms with Crippen molar-refractivity contribution in [2.75, 3.05) is 38.7 Å². The molecule has 0 aromatic heterocycles. The van der Waals surface area contributed by atoms with Gasteiger partial charge in [0.15, 0.2) is 6.10 Å². The van der Waals surface area contributed by atoms with E-state index in [0.29, 0.717) is 16.2 Å². The first kappa shape index (κ1) is 36.3. The summed E-state index contributed by atoms with van der Waals surface area (Å²) in [5.41, 5.74) is 0.539. The molecule has 4 amide bonds. The minimum Gasteiger partial charge on any atom is -0.491 e. The highest BCUT2D eigenvalue weighted by Crippen LogP contribution is 2.29.